The van der Waals surface area contributed by atoms with Crippen LogP contribution < -0.4 is 0 Å². The lowest BCUT2D eigenvalue weighted by Gasteiger charge is -2.42. The molecule has 1 N–H and O–H groups in total. The van der Waals surface area contributed by atoms with Crippen molar-refractivity contribution in [2.24, 2.45) is 11.8 Å². The number of amides is 2. The zero-order chi connectivity index (χ0) is 25.8. The summed E-state index contributed by atoms with van der Waals surface area (Å²) in [6.45, 7) is 6.03. The number of piperidine rings is 2. The molecule has 0 radical (unpaired) electrons. The fourth-order valence-corrected chi connectivity index (χ4v) is 6.38. The van der Waals surface area contributed by atoms with E-state index in [1.165, 1.54) is 25.7 Å². The summed E-state index contributed by atoms with van der Waals surface area (Å²) < 4.78 is 0. The van der Waals surface area contributed by atoms with Crippen molar-refractivity contribution in [3.8, 4) is 0 Å². The van der Waals surface area contributed by atoms with Crippen LogP contribution >= 0.6 is 0 Å². The summed E-state index contributed by atoms with van der Waals surface area (Å²) in [7, 11) is 0. The monoisotopic (exact) mass is 505 g/mol. The van der Waals surface area contributed by atoms with Gasteiger partial charge in [-0.15, -0.1) is 0 Å². The van der Waals surface area contributed by atoms with E-state index >= 15 is 0 Å². The first-order chi connectivity index (χ1) is 17.9. The lowest BCUT2D eigenvalue weighted by Crippen LogP contribution is -2.52. The number of nitrogens with zero attached hydrogens (tertiary/aromatic N) is 3. The van der Waals surface area contributed by atoms with Gasteiger partial charge in [0.2, 0.25) is 5.91 Å². The number of carbonyl (C=O) groups excluding carboxylic acids is 2. The summed E-state index contributed by atoms with van der Waals surface area (Å²) in [6, 6.07) is 10.1. The van der Waals surface area contributed by atoms with Crippen LogP contribution in [0.3, 0.4) is 0 Å². The molecule has 0 bridgehead atoms. The molecule has 1 aromatic rings. The number of rotatable bonds is 7. The summed E-state index contributed by atoms with van der Waals surface area (Å²) in [6.07, 6.45) is 13.4. The Morgan fingerprint density at radius 2 is 1.68 bits per heavy atom. The average Bonchev–Trinajstić information content (AvgIpc) is 2.91. The third-order valence-electron chi connectivity index (χ3n) is 8.93. The fraction of sp³-hybridized carbons (Fsp3) is 0.613. The molecule has 2 saturated heterocycles. The van der Waals surface area contributed by atoms with Gasteiger partial charge in [0.15, 0.2) is 0 Å². The second-order valence-corrected chi connectivity index (χ2v) is 11.8. The van der Waals surface area contributed by atoms with Crippen molar-refractivity contribution in [3.63, 3.8) is 0 Å². The molecule has 1 saturated carbocycles. The summed E-state index contributed by atoms with van der Waals surface area (Å²) in [4.78, 5) is 32.7. The minimum absolute atomic E-state index is 0.0754. The van der Waals surface area contributed by atoms with Crippen LogP contribution in [0, 0.1) is 11.8 Å². The van der Waals surface area contributed by atoms with E-state index in [1.807, 2.05) is 34.2 Å². The van der Waals surface area contributed by atoms with Crippen molar-refractivity contribution < 1.29 is 14.7 Å². The highest BCUT2D eigenvalue weighted by Crippen LogP contribution is 2.34. The van der Waals surface area contributed by atoms with Crippen LogP contribution in [-0.2, 0) is 9.59 Å². The van der Waals surface area contributed by atoms with Crippen molar-refractivity contribution in [2.45, 2.75) is 70.3 Å². The number of benzene rings is 1. The van der Waals surface area contributed by atoms with E-state index in [-0.39, 0.29) is 17.7 Å². The van der Waals surface area contributed by atoms with Crippen molar-refractivity contribution in [1.29, 1.82) is 0 Å². The zero-order valence-electron chi connectivity index (χ0n) is 22.4. The maximum absolute atomic E-state index is 13.6. The van der Waals surface area contributed by atoms with Gasteiger partial charge in [-0.2, -0.15) is 0 Å². The highest BCUT2D eigenvalue weighted by molar-refractivity contribution is 6.09. The van der Waals surface area contributed by atoms with Gasteiger partial charge in [-0.25, -0.2) is 0 Å². The van der Waals surface area contributed by atoms with Crippen LogP contribution in [-0.4, -0.2) is 76.5 Å². The van der Waals surface area contributed by atoms with Gasteiger partial charge < -0.3 is 19.8 Å². The standard InChI is InChI=1S/C31H43N3O3/c1-24(21-25-9-8-10-25)29(35)34-19-14-31(37,15-20-34)23-32-18-13-27(26-11-4-2-5-12-26)28(22-32)30(36)33-16-6-3-7-17-33/h2,4-5,11-13,22,24-25,37H,3,6-10,14-21,23H2,1H3/t24-/m1/s1. The van der Waals surface area contributed by atoms with Crippen LogP contribution in [0.5, 0.6) is 0 Å². The van der Waals surface area contributed by atoms with E-state index in [4.69, 9.17) is 0 Å². The first-order valence-corrected chi connectivity index (χ1v) is 14.4. The van der Waals surface area contributed by atoms with Crippen LogP contribution in [0.25, 0.3) is 5.57 Å². The second kappa shape index (κ2) is 11.4. The molecule has 5 rings (SSSR count). The Balaban J connectivity index is 1.24. The molecule has 200 valence electrons. The molecule has 1 atom stereocenters. The molecule has 6 heteroatoms. The minimum Gasteiger partial charge on any atom is -0.388 e. The second-order valence-electron chi connectivity index (χ2n) is 11.8. The van der Waals surface area contributed by atoms with Gasteiger partial charge >= 0.3 is 0 Å². The van der Waals surface area contributed by atoms with Crippen molar-refractivity contribution in [2.75, 3.05) is 39.3 Å². The largest absolute Gasteiger partial charge is 0.388 e. The highest BCUT2D eigenvalue weighted by Gasteiger charge is 2.37. The van der Waals surface area contributed by atoms with Crippen molar-refractivity contribution in [3.05, 3.63) is 53.7 Å². The molecule has 2 amide bonds. The summed E-state index contributed by atoms with van der Waals surface area (Å²) in [5.41, 5.74) is 1.91. The van der Waals surface area contributed by atoms with E-state index in [2.05, 4.69) is 30.0 Å². The molecule has 0 aromatic heterocycles. The Bertz CT molecular complexity index is 1020. The summed E-state index contributed by atoms with van der Waals surface area (Å²) in [5, 5.41) is 11.5. The van der Waals surface area contributed by atoms with E-state index in [0.29, 0.717) is 39.0 Å². The van der Waals surface area contributed by atoms with Crippen molar-refractivity contribution in [1.82, 2.24) is 14.7 Å². The molecule has 1 aliphatic carbocycles. The molecule has 6 nitrogen and oxygen atoms in total. The highest BCUT2D eigenvalue weighted by atomic mass is 16.3. The Morgan fingerprint density at radius 1 is 0.973 bits per heavy atom. The first-order valence-electron chi connectivity index (χ1n) is 14.4. The molecule has 0 spiro atoms. The van der Waals surface area contributed by atoms with E-state index in [9.17, 15) is 14.7 Å². The van der Waals surface area contributed by atoms with E-state index in [1.54, 1.807) is 0 Å². The van der Waals surface area contributed by atoms with Crippen LogP contribution in [0.15, 0.2) is 48.2 Å². The topological polar surface area (TPSA) is 64.1 Å². The SMILES string of the molecule is C[C@H](CC1CCC1)C(=O)N1CCC(O)(CN2C=C(C(=O)N3CCCCC3)C(c3ccccc3)=CC2)CC1. The maximum atomic E-state index is 13.6. The molecule has 0 unspecified atom stereocenters. The summed E-state index contributed by atoms with van der Waals surface area (Å²) >= 11 is 0. The van der Waals surface area contributed by atoms with Gasteiger partial charge in [-0.05, 0) is 55.6 Å². The maximum Gasteiger partial charge on any atom is 0.255 e. The fourth-order valence-electron chi connectivity index (χ4n) is 6.38. The zero-order valence-corrected chi connectivity index (χ0v) is 22.4. The van der Waals surface area contributed by atoms with Gasteiger partial charge in [0.1, 0.15) is 0 Å². The molecule has 1 aromatic carbocycles. The molecule has 3 aliphatic heterocycles. The van der Waals surface area contributed by atoms with Crippen LogP contribution in [0.1, 0.15) is 70.3 Å². The Labute approximate surface area is 222 Å². The lowest BCUT2D eigenvalue weighted by molar-refractivity contribution is -0.140. The summed E-state index contributed by atoms with van der Waals surface area (Å²) in [5.74, 6) is 1.14. The van der Waals surface area contributed by atoms with Gasteiger partial charge in [-0.1, -0.05) is 62.6 Å². The van der Waals surface area contributed by atoms with Gasteiger partial charge in [0.05, 0.1) is 11.2 Å². The number of hydrogen-bond acceptors (Lipinski definition) is 4. The number of carbonyl (C=O) groups is 2. The smallest absolute Gasteiger partial charge is 0.255 e. The average molecular weight is 506 g/mol. The van der Waals surface area contributed by atoms with Gasteiger partial charge in [0, 0.05) is 51.4 Å². The van der Waals surface area contributed by atoms with Crippen LogP contribution in [0.4, 0.5) is 0 Å². The first kappa shape index (κ1) is 26.0. The van der Waals surface area contributed by atoms with Crippen molar-refractivity contribution >= 4 is 17.4 Å². The predicted octanol–water partition coefficient (Wildman–Crippen LogP) is 4.46. The Hall–Kier alpha value is -2.60. The molecular formula is C31H43N3O3. The number of aliphatic hydroxyl groups is 1. The molecular weight excluding hydrogens is 462 g/mol. The molecule has 3 heterocycles. The lowest BCUT2D eigenvalue weighted by atomic mass is 9.79. The minimum atomic E-state index is -0.859. The third kappa shape index (κ3) is 6.11. The van der Waals surface area contributed by atoms with E-state index < -0.39 is 5.60 Å². The Kier molecular flexibility index (Phi) is 8.04. The van der Waals surface area contributed by atoms with Gasteiger partial charge in [0.25, 0.3) is 5.91 Å². The predicted molar refractivity (Wildman–Crippen MR) is 146 cm³/mol. The molecule has 4 aliphatic rings. The number of β-amino-alcohol motifs (C(OH)–C–C–N with tert-alkyl or cyclic N) is 1. The molecule has 3 fully saturated rings. The normalized spacial score (nSPS) is 23.1. The Morgan fingerprint density at radius 3 is 2.32 bits per heavy atom. The number of likely N-dealkylation sites (tertiary alicyclic amines) is 2. The third-order valence-corrected chi connectivity index (χ3v) is 8.93. The van der Waals surface area contributed by atoms with Gasteiger partial charge in [-0.3, -0.25) is 9.59 Å². The van der Waals surface area contributed by atoms with Crippen LogP contribution in [0.2, 0.25) is 0 Å². The number of hydrogen-bond donors (Lipinski definition) is 1. The molecule has 37 heavy (non-hydrogen) atoms. The quantitative estimate of drug-likeness (QED) is 0.594. The van der Waals surface area contributed by atoms with E-state index in [0.717, 1.165) is 55.0 Å².